The molecule has 0 heterocycles. The number of carboxylic acid groups (broad SMARTS) is 1. The van der Waals surface area contributed by atoms with Crippen LogP contribution in [0.5, 0.6) is 0 Å². The van der Waals surface area contributed by atoms with Gasteiger partial charge in [0.05, 0.1) is 16.1 Å². The fraction of sp³-hybridized carbons (Fsp3) is 0.333. The summed E-state index contributed by atoms with van der Waals surface area (Å²) in [5.41, 5.74) is 5.21. The topological polar surface area (TPSA) is 92.4 Å². The van der Waals surface area contributed by atoms with E-state index in [4.69, 9.17) is 22.4 Å². The third kappa shape index (κ3) is 3.21. The van der Waals surface area contributed by atoms with Crippen LogP contribution in [-0.2, 0) is 4.79 Å². The minimum Gasteiger partial charge on any atom is -0.478 e. The number of benzene rings is 1. The first kappa shape index (κ1) is 14.5. The Labute approximate surface area is 110 Å². The van der Waals surface area contributed by atoms with E-state index in [-0.39, 0.29) is 16.5 Å². The number of carbonyl (C=O) groups excluding carboxylic acids is 1. The smallest absolute Gasteiger partial charge is 0.337 e. The number of anilines is 1. The number of nitrogens with one attached hydrogen (secondary N) is 1. The van der Waals surface area contributed by atoms with Crippen molar-refractivity contribution in [1.82, 2.24) is 0 Å². The highest BCUT2D eigenvalue weighted by Gasteiger charge is 2.26. The lowest BCUT2D eigenvalue weighted by atomic mass is 9.99. The van der Waals surface area contributed by atoms with E-state index in [2.05, 4.69) is 5.32 Å². The molecule has 6 heteroatoms. The summed E-state index contributed by atoms with van der Waals surface area (Å²) in [5.74, 6) is -1.46. The monoisotopic (exact) mass is 270 g/mol. The minimum absolute atomic E-state index is 0.0133. The molecular formula is C12H15ClN2O3. The summed E-state index contributed by atoms with van der Waals surface area (Å²) in [6.45, 7) is 3.43. The summed E-state index contributed by atoms with van der Waals surface area (Å²) >= 11 is 5.79. The van der Waals surface area contributed by atoms with Crippen molar-refractivity contribution in [2.45, 2.75) is 25.8 Å². The van der Waals surface area contributed by atoms with Gasteiger partial charge in [0.15, 0.2) is 0 Å². The molecule has 0 fully saturated rings. The van der Waals surface area contributed by atoms with E-state index in [1.54, 1.807) is 13.8 Å². The molecule has 0 saturated heterocycles. The number of nitrogens with two attached hydrogens (primary N) is 1. The lowest BCUT2D eigenvalue weighted by molar-refractivity contribution is -0.120. The maximum absolute atomic E-state index is 11.8. The SMILES string of the molecule is CCC(C)(N)C(=O)Nc1ccc(C(=O)O)c(Cl)c1. The van der Waals surface area contributed by atoms with Gasteiger partial charge in [0.1, 0.15) is 0 Å². The van der Waals surface area contributed by atoms with Gasteiger partial charge in [-0.15, -0.1) is 0 Å². The summed E-state index contributed by atoms with van der Waals surface area (Å²) in [5, 5.41) is 11.5. The molecule has 0 aliphatic rings. The Balaban J connectivity index is 2.91. The number of halogens is 1. The van der Waals surface area contributed by atoms with Crippen LogP contribution in [0, 0.1) is 0 Å². The van der Waals surface area contributed by atoms with Gasteiger partial charge < -0.3 is 16.2 Å². The van der Waals surface area contributed by atoms with Crippen LogP contribution in [0.1, 0.15) is 30.6 Å². The molecule has 1 atom stereocenters. The second kappa shape index (κ2) is 5.37. The summed E-state index contributed by atoms with van der Waals surface area (Å²) in [6, 6.07) is 4.19. The fourth-order valence-corrected chi connectivity index (χ4v) is 1.46. The number of hydrogen-bond acceptors (Lipinski definition) is 3. The quantitative estimate of drug-likeness (QED) is 0.781. The number of hydrogen-bond donors (Lipinski definition) is 3. The highest BCUT2D eigenvalue weighted by atomic mass is 35.5. The maximum atomic E-state index is 11.8. The lowest BCUT2D eigenvalue weighted by Gasteiger charge is -2.21. The van der Waals surface area contributed by atoms with Crippen molar-refractivity contribution in [3.05, 3.63) is 28.8 Å². The average molecular weight is 271 g/mol. The highest BCUT2D eigenvalue weighted by molar-refractivity contribution is 6.33. The Kier molecular flexibility index (Phi) is 4.32. The Morgan fingerprint density at radius 3 is 2.56 bits per heavy atom. The zero-order valence-corrected chi connectivity index (χ0v) is 10.9. The fourth-order valence-electron chi connectivity index (χ4n) is 1.20. The first-order valence-electron chi connectivity index (χ1n) is 5.41. The van der Waals surface area contributed by atoms with E-state index >= 15 is 0 Å². The molecule has 1 aromatic carbocycles. The standard InChI is InChI=1S/C12H15ClN2O3/c1-3-12(2,14)11(18)15-7-4-5-8(10(16)17)9(13)6-7/h4-6H,3,14H2,1-2H3,(H,15,18)(H,16,17). The summed E-state index contributed by atoms with van der Waals surface area (Å²) < 4.78 is 0. The number of amides is 1. The van der Waals surface area contributed by atoms with E-state index in [1.165, 1.54) is 18.2 Å². The first-order valence-corrected chi connectivity index (χ1v) is 5.79. The van der Waals surface area contributed by atoms with Crippen molar-refractivity contribution >= 4 is 29.2 Å². The predicted molar refractivity (Wildman–Crippen MR) is 69.9 cm³/mol. The zero-order valence-electron chi connectivity index (χ0n) is 10.2. The van der Waals surface area contributed by atoms with Crippen LogP contribution < -0.4 is 11.1 Å². The lowest BCUT2D eigenvalue weighted by Crippen LogP contribution is -2.47. The summed E-state index contributed by atoms with van der Waals surface area (Å²) in [6.07, 6.45) is 0.486. The van der Waals surface area contributed by atoms with Gasteiger partial charge in [0.25, 0.3) is 0 Å². The van der Waals surface area contributed by atoms with Crippen LogP contribution in [-0.4, -0.2) is 22.5 Å². The van der Waals surface area contributed by atoms with Gasteiger partial charge in [-0.3, -0.25) is 4.79 Å². The molecule has 98 valence electrons. The molecule has 0 aliphatic carbocycles. The van der Waals surface area contributed by atoms with Crippen LogP contribution >= 0.6 is 11.6 Å². The summed E-state index contributed by atoms with van der Waals surface area (Å²) in [7, 11) is 0. The molecule has 0 aromatic heterocycles. The number of aromatic carboxylic acids is 1. The van der Waals surface area contributed by atoms with Gasteiger partial charge in [-0.25, -0.2) is 4.79 Å². The molecule has 0 radical (unpaired) electrons. The van der Waals surface area contributed by atoms with E-state index in [9.17, 15) is 9.59 Å². The predicted octanol–water partition coefficient (Wildman–Crippen LogP) is 2.10. The third-order valence-electron chi connectivity index (χ3n) is 2.71. The van der Waals surface area contributed by atoms with Crippen molar-refractivity contribution in [3.8, 4) is 0 Å². The van der Waals surface area contributed by atoms with Crippen molar-refractivity contribution in [3.63, 3.8) is 0 Å². The van der Waals surface area contributed by atoms with Crippen LogP contribution in [0.2, 0.25) is 5.02 Å². The Hall–Kier alpha value is -1.59. The van der Waals surface area contributed by atoms with E-state index in [0.29, 0.717) is 12.1 Å². The Morgan fingerprint density at radius 2 is 2.11 bits per heavy atom. The van der Waals surface area contributed by atoms with Gasteiger partial charge in [-0.1, -0.05) is 18.5 Å². The maximum Gasteiger partial charge on any atom is 0.337 e. The number of carboxylic acids is 1. The molecule has 5 nitrogen and oxygen atoms in total. The summed E-state index contributed by atoms with van der Waals surface area (Å²) in [4.78, 5) is 22.6. The van der Waals surface area contributed by atoms with Crippen molar-refractivity contribution < 1.29 is 14.7 Å². The molecule has 1 aromatic rings. The van der Waals surface area contributed by atoms with Crippen LogP contribution in [0.3, 0.4) is 0 Å². The van der Waals surface area contributed by atoms with Gasteiger partial charge >= 0.3 is 5.97 Å². The van der Waals surface area contributed by atoms with Crippen molar-refractivity contribution in [2.24, 2.45) is 5.73 Å². The number of carbonyl (C=O) groups is 2. The molecule has 0 bridgehead atoms. The van der Waals surface area contributed by atoms with Crippen LogP contribution in [0.15, 0.2) is 18.2 Å². The molecule has 0 spiro atoms. The van der Waals surface area contributed by atoms with Gasteiger partial charge in [0, 0.05) is 5.69 Å². The second-order valence-electron chi connectivity index (χ2n) is 4.22. The second-order valence-corrected chi connectivity index (χ2v) is 4.63. The van der Waals surface area contributed by atoms with Gasteiger partial charge in [-0.2, -0.15) is 0 Å². The van der Waals surface area contributed by atoms with E-state index < -0.39 is 11.5 Å². The van der Waals surface area contributed by atoms with Gasteiger partial charge in [-0.05, 0) is 31.5 Å². The molecule has 1 rings (SSSR count). The largest absolute Gasteiger partial charge is 0.478 e. The first-order chi connectivity index (χ1) is 8.27. The third-order valence-corrected chi connectivity index (χ3v) is 3.02. The molecule has 18 heavy (non-hydrogen) atoms. The highest BCUT2D eigenvalue weighted by Crippen LogP contribution is 2.21. The normalized spacial score (nSPS) is 13.8. The van der Waals surface area contributed by atoms with Crippen molar-refractivity contribution in [1.29, 1.82) is 0 Å². The van der Waals surface area contributed by atoms with E-state index in [0.717, 1.165) is 0 Å². The molecular weight excluding hydrogens is 256 g/mol. The van der Waals surface area contributed by atoms with Crippen molar-refractivity contribution in [2.75, 3.05) is 5.32 Å². The van der Waals surface area contributed by atoms with E-state index in [1.807, 2.05) is 0 Å². The average Bonchev–Trinajstić information content (AvgIpc) is 2.28. The van der Waals surface area contributed by atoms with Gasteiger partial charge in [0.2, 0.25) is 5.91 Å². The minimum atomic E-state index is -1.12. The molecule has 4 N–H and O–H groups in total. The van der Waals surface area contributed by atoms with Crippen LogP contribution in [0.25, 0.3) is 0 Å². The Morgan fingerprint density at radius 1 is 1.50 bits per heavy atom. The number of rotatable bonds is 4. The Bertz CT molecular complexity index is 486. The molecule has 0 saturated carbocycles. The molecule has 0 aliphatic heterocycles. The zero-order chi connectivity index (χ0) is 13.9. The molecule has 1 amide bonds. The molecule has 1 unspecified atom stereocenters. The van der Waals surface area contributed by atoms with Crippen LogP contribution in [0.4, 0.5) is 5.69 Å².